The number of halogens is 5. The van der Waals surface area contributed by atoms with Crippen molar-refractivity contribution in [2.24, 2.45) is 0 Å². The SMILES string of the molecule is COC(=O)c1cc(Br)ccc1-c1cc2sc3cc(-c4ccc(Br)cc4C)sc3c2s1.Cc1ccc(Br)cc1.Cc1ccc(C(O)(c2ccc(C)cc2)c2cc(Br)ccc2-c2cc3sc4cc(-c5ccc(Br)cc5C(O)(c5ccc(C)cc5)c5ccc(C)cc5)sc4c3s2)cc1.O=C=O. The lowest BCUT2D eigenvalue weighted by Crippen LogP contribution is -2.29. The van der Waals surface area contributed by atoms with E-state index in [4.69, 9.17) is 14.3 Å². The van der Waals surface area contributed by atoms with Crippen LogP contribution in [0.3, 0.4) is 0 Å². The molecule has 15 rings (SSSR count). The molecule has 0 fully saturated rings. The van der Waals surface area contributed by atoms with E-state index < -0.39 is 11.2 Å². The Hall–Kier alpha value is -6.61. The Labute approximate surface area is 634 Å². The molecule has 2 N–H and O–H groups in total. The predicted octanol–water partition coefficient (Wildman–Crippen LogP) is 26.1. The van der Waals surface area contributed by atoms with Gasteiger partial charge in [0, 0.05) is 77.4 Å². The van der Waals surface area contributed by atoms with Gasteiger partial charge in [0.25, 0.3) is 0 Å². The molecule has 0 aliphatic carbocycles. The van der Waals surface area contributed by atoms with Gasteiger partial charge in [0.05, 0.1) is 31.5 Å². The van der Waals surface area contributed by atoms with Gasteiger partial charge in [-0.25, -0.2) is 4.79 Å². The molecule has 0 spiro atoms. The third-order valence-corrected chi connectivity index (χ3v) is 27.1. The number of benzene rings is 9. The van der Waals surface area contributed by atoms with Gasteiger partial charge in [-0.2, -0.15) is 9.59 Å². The molecular weight excluding hydrogens is 1660 g/mol. The second-order valence-electron chi connectivity index (χ2n) is 23.7. The number of rotatable bonds is 11. The molecule has 15 aromatic rings. The Morgan fingerprint density at radius 1 is 0.347 bits per heavy atom. The van der Waals surface area contributed by atoms with E-state index in [-0.39, 0.29) is 12.1 Å². The average molecular weight is 1720 g/mol. The zero-order valence-corrected chi connectivity index (χ0v) is 66.5. The molecule has 6 nitrogen and oxygen atoms in total. The molecule has 0 saturated heterocycles. The van der Waals surface area contributed by atoms with Gasteiger partial charge in [0.1, 0.15) is 11.2 Å². The highest BCUT2D eigenvalue weighted by Gasteiger charge is 2.39. The third kappa shape index (κ3) is 14.8. The van der Waals surface area contributed by atoms with Gasteiger partial charge in [-0.3, -0.25) is 0 Å². The van der Waals surface area contributed by atoms with Crippen molar-refractivity contribution in [3.05, 3.63) is 313 Å². The monoisotopic (exact) mass is 1710 g/mol. The summed E-state index contributed by atoms with van der Waals surface area (Å²) in [6.07, 6.45) is 0.250. The zero-order chi connectivity index (χ0) is 69.3. The summed E-state index contributed by atoms with van der Waals surface area (Å²) in [6.45, 7) is 12.5. The summed E-state index contributed by atoms with van der Waals surface area (Å²) in [7, 11) is 1.42. The molecule has 0 aliphatic rings. The Balaban J connectivity index is 0.000000184. The van der Waals surface area contributed by atoms with Crippen LogP contribution in [0.25, 0.3) is 79.4 Å². The van der Waals surface area contributed by atoms with Crippen LogP contribution in [0.1, 0.15) is 77.1 Å². The molecule has 6 aromatic heterocycles. The molecule has 0 amide bonds. The van der Waals surface area contributed by atoms with Gasteiger partial charge in [0.2, 0.25) is 0 Å². The number of methoxy groups -OCH3 is 1. The topological polar surface area (TPSA) is 101 Å². The minimum Gasteiger partial charge on any atom is -0.465 e. The van der Waals surface area contributed by atoms with E-state index >= 15 is 0 Å². The van der Waals surface area contributed by atoms with Crippen LogP contribution in [0.5, 0.6) is 0 Å². The van der Waals surface area contributed by atoms with Crippen molar-refractivity contribution in [3.63, 3.8) is 0 Å². The fourth-order valence-electron chi connectivity index (χ4n) is 11.8. The van der Waals surface area contributed by atoms with Crippen LogP contribution in [-0.4, -0.2) is 29.4 Å². The van der Waals surface area contributed by atoms with Crippen molar-refractivity contribution in [1.29, 1.82) is 0 Å². The Kier molecular flexibility index (Phi) is 22.0. The molecule has 0 unspecified atom stereocenters. The summed E-state index contributed by atoms with van der Waals surface area (Å²) in [5.41, 5.74) is 14.0. The molecule has 98 heavy (non-hydrogen) atoms. The highest BCUT2D eigenvalue weighted by atomic mass is 79.9. The number of aliphatic hydroxyl groups is 2. The largest absolute Gasteiger partial charge is 0.465 e. The number of hydrogen-bond acceptors (Lipinski definition) is 12. The number of ether oxygens (including phenoxy) is 1. The van der Waals surface area contributed by atoms with Crippen LogP contribution in [-0.2, 0) is 25.5 Å². The number of aryl methyl sites for hydroxylation is 6. The van der Waals surface area contributed by atoms with Gasteiger partial charge in [0.15, 0.2) is 0 Å². The normalized spacial score (nSPS) is 11.4. The highest BCUT2D eigenvalue weighted by Crippen LogP contribution is 2.54. The van der Waals surface area contributed by atoms with Crippen LogP contribution < -0.4 is 0 Å². The minimum atomic E-state index is -1.40. The first-order valence-electron chi connectivity index (χ1n) is 30.7. The first-order chi connectivity index (χ1) is 47.1. The van der Waals surface area contributed by atoms with Gasteiger partial charge >= 0.3 is 12.1 Å². The first-order valence-corrected chi connectivity index (χ1v) is 39.5. The van der Waals surface area contributed by atoms with Crippen LogP contribution in [0, 0.1) is 41.5 Å². The number of thiophene rings is 6. The van der Waals surface area contributed by atoms with E-state index in [1.165, 1.54) is 66.3 Å². The summed E-state index contributed by atoms with van der Waals surface area (Å²) in [5.74, 6) is -0.322. The summed E-state index contributed by atoms with van der Waals surface area (Å²) in [4.78, 5) is 33.1. The second kappa shape index (κ2) is 30.3. The van der Waals surface area contributed by atoms with Gasteiger partial charge in [-0.1, -0.05) is 241 Å². The summed E-state index contributed by atoms with van der Waals surface area (Å²) in [6, 6.07) is 74.9. The number of carbonyl (C=O) groups is 1. The first kappa shape index (κ1) is 71.2. The van der Waals surface area contributed by atoms with Crippen molar-refractivity contribution in [2.75, 3.05) is 7.11 Å². The number of esters is 1. The fourth-order valence-corrected chi connectivity index (χ4v) is 21.9. The van der Waals surface area contributed by atoms with E-state index in [1.807, 2.05) is 102 Å². The Morgan fingerprint density at radius 3 is 0.929 bits per heavy atom. The standard InChI is InChI=1S/C50H38Br2O2S3.C23H14Br2O2S3.C7H7Br.CO2/c1-29-5-13-33(14-6-29)49(53,34-15-7-30(2)8-16-34)41-25-37(51)21-23-39(41)43-27-45-47(56-43)48-46(55-45)28-44(57-48)40-24-22-38(52)26-42(40)50(54,35-17-9-31(3)10-18-35)36-19-11-32(4)12-20-36;1-11-7-12(24)3-5-14(11)17-9-19-21(29-17)22-20(28-19)10-18(30-22)15-6-4-13(25)8-16(15)23(26)27-2;1-6-2-4-7(8)5-3-6;2-1-3/h5-28,53-54H,1-4H3;3-10H,1-2H3;2-5H,1H3;. The smallest absolute Gasteiger partial charge is 0.373 e. The predicted molar refractivity (Wildman–Crippen MR) is 432 cm³/mol. The minimum absolute atomic E-state index is 0.250. The van der Waals surface area contributed by atoms with Crippen molar-refractivity contribution < 1.29 is 29.3 Å². The number of hydrogen-bond donors (Lipinski definition) is 2. The number of carbonyl (C=O) groups excluding carboxylic acids is 3. The quantitative estimate of drug-likeness (QED) is 0.0988. The summed E-state index contributed by atoms with van der Waals surface area (Å²) in [5, 5.41) is 26.1. The van der Waals surface area contributed by atoms with E-state index in [2.05, 4.69) is 261 Å². The lowest BCUT2D eigenvalue weighted by atomic mass is 9.78. The fraction of sp³-hybridized carbons (Fsp3) is 0.111. The van der Waals surface area contributed by atoms with Crippen molar-refractivity contribution in [1.82, 2.24) is 0 Å². The molecule has 0 aliphatic heterocycles. The maximum absolute atomic E-state index is 13.1. The third-order valence-electron chi connectivity index (χ3n) is 16.9. The molecule has 9 aromatic carbocycles. The van der Waals surface area contributed by atoms with Gasteiger partial charge in [-0.05, 0) is 171 Å². The zero-order valence-electron chi connectivity index (χ0n) is 53.7. The van der Waals surface area contributed by atoms with Crippen LogP contribution in [0.4, 0.5) is 0 Å². The Morgan fingerprint density at radius 2 is 0.612 bits per heavy atom. The summed E-state index contributed by atoms with van der Waals surface area (Å²) >= 11 is 28.6. The molecule has 17 heteroatoms. The van der Waals surface area contributed by atoms with Crippen molar-refractivity contribution in [2.45, 2.75) is 52.7 Å². The molecule has 0 atom stereocenters. The lowest BCUT2D eigenvalue weighted by molar-refractivity contribution is -0.191. The van der Waals surface area contributed by atoms with E-state index in [1.54, 1.807) is 45.3 Å². The van der Waals surface area contributed by atoms with E-state index in [0.717, 1.165) is 109 Å². The molecule has 0 saturated carbocycles. The maximum atomic E-state index is 13.1. The molecular formula is C81H59Br5O6S6. The van der Waals surface area contributed by atoms with Crippen LogP contribution in [0.2, 0.25) is 0 Å². The molecule has 0 radical (unpaired) electrons. The van der Waals surface area contributed by atoms with Crippen LogP contribution >= 0.6 is 148 Å². The summed E-state index contributed by atoms with van der Waals surface area (Å²) < 4.78 is 20.0. The van der Waals surface area contributed by atoms with E-state index in [0.29, 0.717) is 5.56 Å². The molecule has 0 bridgehead atoms. The lowest BCUT2D eigenvalue weighted by Gasteiger charge is -2.32. The van der Waals surface area contributed by atoms with E-state index in [9.17, 15) is 15.0 Å². The van der Waals surface area contributed by atoms with Crippen molar-refractivity contribution >= 4 is 197 Å². The van der Waals surface area contributed by atoms with Gasteiger partial charge in [-0.15, -0.1) is 68.0 Å². The average Bonchev–Trinajstić information content (AvgIpc) is 1.23. The molecule has 490 valence electrons. The molecule has 6 heterocycles. The van der Waals surface area contributed by atoms with Gasteiger partial charge < -0.3 is 14.9 Å². The Bertz CT molecular complexity index is 5150. The van der Waals surface area contributed by atoms with Crippen LogP contribution in [0.15, 0.2) is 241 Å². The second-order valence-corrected chi connectivity index (χ2v) is 34.7. The van der Waals surface area contributed by atoms with Crippen molar-refractivity contribution in [3.8, 4) is 41.8 Å². The maximum Gasteiger partial charge on any atom is 0.373 e. The highest BCUT2D eigenvalue weighted by molar-refractivity contribution is 9.11. The number of fused-ring (bicyclic) bond motifs is 6.